The van der Waals surface area contributed by atoms with Gasteiger partial charge in [-0.3, -0.25) is 4.79 Å². The van der Waals surface area contributed by atoms with Crippen LogP contribution in [0.1, 0.15) is 29.2 Å². The molecule has 0 bridgehead atoms. The van der Waals surface area contributed by atoms with E-state index in [1.807, 2.05) is 50.2 Å². The number of fused-ring (bicyclic) bond motifs is 1. The van der Waals surface area contributed by atoms with Crippen molar-refractivity contribution in [3.8, 4) is 17.2 Å². The van der Waals surface area contributed by atoms with Gasteiger partial charge in [-0.05, 0) is 32.0 Å². The highest BCUT2D eigenvalue weighted by molar-refractivity contribution is 7.99. The molecule has 2 aromatic carbocycles. The predicted octanol–water partition coefficient (Wildman–Crippen LogP) is 4.09. The SMILES string of the molecule is Cc1cc(C)cc(-c2nnc(SCC(=O)NC3CCOc4ccccc43)o2)c1. The quantitative estimate of drug-likeness (QED) is 0.656. The summed E-state index contributed by atoms with van der Waals surface area (Å²) in [6, 6.07) is 13.9. The molecule has 1 aliphatic heterocycles. The minimum Gasteiger partial charge on any atom is -0.493 e. The molecule has 0 saturated carbocycles. The average Bonchev–Trinajstić information content (AvgIpc) is 3.15. The fourth-order valence-corrected chi connectivity index (χ4v) is 3.91. The smallest absolute Gasteiger partial charge is 0.277 e. The van der Waals surface area contributed by atoms with E-state index in [-0.39, 0.29) is 17.7 Å². The third-order valence-corrected chi connectivity index (χ3v) is 5.31. The normalized spacial score (nSPS) is 15.6. The van der Waals surface area contributed by atoms with Gasteiger partial charge < -0.3 is 14.5 Å². The van der Waals surface area contributed by atoms with Crippen LogP contribution < -0.4 is 10.1 Å². The summed E-state index contributed by atoms with van der Waals surface area (Å²) in [6.45, 7) is 4.65. The van der Waals surface area contributed by atoms with E-state index in [1.165, 1.54) is 11.8 Å². The number of aryl methyl sites for hydroxylation is 2. The summed E-state index contributed by atoms with van der Waals surface area (Å²) in [5.74, 6) is 1.45. The molecular weight excluding hydrogens is 374 g/mol. The molecule has 0 saturated heterocycles. The van der Waals surface area contributed by atoms with Crippen LogP contribution in [0.5, 0.6) is 5.75 Å². The Bertz CT molecular complexity index is 982. The summed E-state index contributed by atoms with van der Waals surface area (Å²) in [7, 11) is 0. The minimum atomic E-state index is -0.0714. The first kappa shape index (κ1) is 18.6. The maximum Gasteiger partial charge on any atom is 0.277 e. The number of thioether (sulfide) groups is 1. The van der Waals surface area contributed by atoms with Gasteiger partial charge in [-0.2, -0.15) is 0 Å². The zero-order valence-corrected chi connectivity index (χ0v) is 16.6. The van der Waals surface area contributed by atoms with Crippen LogP contribution in [0.25, 0.3) is 11.5 Å². The number of rotatable bonds is 5. The molecule has 2 heterocycles. The third-order valence-electron chi connectivity index (χ3n) is 4.50. The molecule has 1 atom stereocenters. The summed E-state index contributed by atoms with van der Waals surface area (Å²) in [4.78, 5) is 12.4. The van der Waals surface area contributed by atoms with Crippen LogP contribution >= 0.6 is 11.8 Å². The largest absolute Gasteiger partial charge is 0.493 e. The summed E-state index contributed by atoms with van der Waals surface area (Å²) < 4.78 is 11.4. The van der Waals surface area contributed by atoms with Gasteiger partial charge >= 0.3 is 0 Å². The molecule has 1 aromatic heterocycles. The second-order valence-electron chi connectivity index (χ2n) is 6.83. The molecule has 28 heavy (non-hydrogen) atoms. The molecule has 1 unspecified atom stereocenters. The number of nitrogens with zero attached hydrogens (tertiary/aromatic N) is 2. The van der Waals surface area contributed by atoms with Crippen LogP contribution in [0, 0.1) is 13.8 Å². The van der Waals surface area contributed by atoms with E-state index < -0.39 is 0 Å². The van der Waals surface area contributed by atoms with E-state index in [4.69, 9.17) is 9.15 Å². The van der Waals surface area contributed by atoms with Crippen molar-refractivity contribution < 1.29 is 13.9 Å². The highest BCUT2D eigenvalue weighted by atomic mass is 32.2. The molecule has 1 amide bonds. The van der Waals surface area contributed by atoms with Crippen LogP contribution in [0.15, 0.2) is 52.1 Å². The fourth-order valence-electron chi connectivity index (χ4n) is 3.34. The molecule has 144 valence electrons. The van der Waals surface area contributed by atoms with E-state index >= 15 is 0 Å². The second-order valence-corrected chi connectivity index (χ2v) is 7.76. The summed E-state index contributed by atoms with van der Waals surface area (Å²) in [5.41, 5.74) is 4.18. The van der Waals surface area contributed by atoms with Crippen LogP contribution in [0.3, 0.4) is 0 Å². The first-order chi connectivity index (χ1) is 13.6. The van der Waals surface area contributed by atoms with E-state index in [1.54, 1.807) is 0 Å². The lowest BCUT2D eigenvalue weighted by molar-refractivity contribution is -0.119. The van der Waals surface area contributed by atoms with E-state index in [0.717, 1.165) is 34.4 Å². The molecular formula is C21H21N3O3S. The van der Waals surface area contributed by atoms with Crippen molar-refractivity contribution in [2.75, 3.05) is 12.4 Å². The zero-order valence-electron chi connectivity index (χ0n) is 15.8. The molecule has 6 nitrogen and oxygen atoms in total. The van der Waals surface area contributed by atoms with Gasteiger partial charge in [-0.25, -0.2) is 0 Å². The Hall–Kier alpha value is -2.80. The van der Waals surface area contributed by atoms with Crippen LogP contribution in [-0.2, 0) is 4.79 Å². The number of carbonyl (C=O) groups excluding carboxylic acids is 1. The lowest BCUT2D eigenvalue weighted by Crippen LogP contribution is -2.33. The highest BCUT2D eigenvalue weighted by Gasteiger charge is 2.23. The summed E-state index contributed by atoms with van der Waals surface area (Å²) in [6.07, 6.45) is 0.755. The average molecular weight is 395 g/mol. The molecule has 1 aliphatic rings. The molecule has 1 N–H and O–H groups in total. The van der Waals surface area contributed by atoms with Crippen molar-refractivity contribution in [3.63, 3.8) is 0 Å². The first-order valence-corrected chi connectivity index (χ1v) is 10.1. The van der Waals surface area contributed by atoms with Crippen molar-refractivity contribution in [1.82, 2.24) is 15.5 Å². The van der Waals surface area contributed by atoms with Gasteiger partial charge in [0.1, 0.15) is 5.75 Å². The number of carbonyl (C=O) groups is 1. The Balaban J connectivity index is 1.37. The monoisotopic (exact) mass is 395 g/mol. The fraction of sp³-hybridized carbons (Fsp3) is 0.286. The Kier molecular flexibility index (Phi) is 5.34. The lowest BCUT2D eigenvalue weighted by atomic mass is 10.0. The number of amides is 1. The van der Waals surface area contributed by atoms with E-state index in [9.17, 15) is 4.79 Å². The van der Waals surface area contributed by atoms with Crippen LogP contribution in [-0.4, -0.2) is 28.5 Å². The summed E-state index contributed by atoms with van der Waals surface area (Å²) in [5, 5.41) is 11.6. The standard InChI is InChI=1S/C21H21N3O3S/c1-13-9-14(2)11-15(10-13)20-23-24-21(27-20)28-12-19(25)22-17-7-8-26-18-6-4-3-5-16(17)18/h3-6,9-11,17H,7-8,12H2,1-2H3,(H,22,25). The van der Waals surface area contributed by atoms with Crippen LogP contribution in [0.2, 0.25) is 0 Å². The van der Waals surface area contributed by atoms with Crippen molar-refractivity contribution >= 4 is 17.7 Å². The van der Waals surface area contributed by atoms with E-state index in [2.05, 4.69) is 21.6 Å². The molecule has 4 rings (SSSR count). The molecule has 7 heteroatoms. The lowest BCUT2D eigenvalue weighted by Gasteiger charge is -2.26. The van der Waals surface area contributed by atoms with Crippen LogP contribution in [0.4, 0.5) is 0 Å². The van der Waals surface area contributed by atoms with Crippen molar-refractivity contribution in [3.05, 3.63) is 59.2 Å². The Labute approximate surface area is 167 Å². The van der Waals surface area contributed by atoms with Gasteiger partial charge in [-0.1, -0.05) is 47.2 Å². The molecule has 3 aromatic rings. The highest BCUT2D eigenvalue weighted by Crippen LogP contribution is 2.31. The van der Waals surface area contributed by atoms with Gasteiger partial charge in [0, 0.05) is 17.5 Å². The number of aromatic nitrogens is 2. The maximum atomic E-state index is 12.4. The second kappa shape index (κ2) is 8.06. The maximum absolute atomic E-state index is 12.4. The number of benzene rings is 2. The topological polar surface area (TPSA) is 77.2 Å². The van der Waals surface area contributed by atoms with Gasteiger partial charge in [0.15, 0.2) is 0 Å². The molecule has 0 radical (unpaired) electrons. The van der Waals surface area contributed by atoms with Gasteiger partial charge in [0.2, 0.25) is 11.8 Å². The Morgan fingerprint density at radius 2 is 1.96 bits per heavy atom. The van der Waals surface area contributed by atoms with E-state index in [0.29, 0.717) is 17.7 Å². The number of para-hydroxylation sites is 1. The predicted molar refractivity (Wildman–Crippen MR) is 107 cm³/mol. The Morgan fingerprint density at radius 3 is 2.79 bits per heavy atom. The zero-order chi connectivity index (χ0) is 19.5. The van der Waals surface area contributed by atoms with Gasteiger partial charge in [0.05, 0.1) is 18.4 Å². The molecule has 0 spiro atoms. The van der Waals surface area contributed by atoms with Crippen molar-refractivity contribution in [1.29, 1.82) is 0 Å². The summed E-state index contributed by atoms with van der Waals surface area (Å²) >= 11 is 1.24. The minimum absolute atomic E-state index is 0.0356. The Morgan fingerprint density at radius 1 is 1.18 bits per heavy atom. The van der Waals surface area contributed by atoms with Crippen molar-refractivity contribution in [2.45, 2.75) is 31.5 Å². The molecule has 0 fully saturated rings. The number of hydrogen-bond donors (Lipinski definition) is 1. The number of hydrogen-bond acceptors (Lipinski definition) is 6. The third kappa shape index (κ3) is 4.20. The number of nitrogens with one attached hydrogen (secondary N) is 1. The molecule has 0 aliphatic carbocycles. The van der Waals surface area contributed by atoms with Crippen molar-refractivity contribution in [2.24, 2.45) is 0 Å². The first-order valence-electron chi connectivity index (χ1n) is 9.14. The van der Waals surface area contributed by atoms with Gasteiger partial charge in [0.25, 0.3) is 5.22 Å². The van der Waals surface area contributed by atoms with Gasteiger partial charge in [-0.15, -0.1) is 10.2 Å². The number of ether oxygens (including phenoxy) is 1.